The van der Waals surface area contributed by atoms with E-state index in [2.05, 4.69) is 5.92 Å². The molecular formula is C19H26O4. The smallest absolute Gasteiger partial charge is 0.163 e. The molecule has 0 radical (unpaired) electrons. The fraction of sp³-hybridized carbons (Fsp3) is 0.579. The maximum Gasteiger partial charge on any atom is 0.163 e. The van der Waals surface area contributed by atoms with Gasteiger partial charge in [0, 0.05) is 12.3 Å². The van der Waals surface area contributed by atoms with Crippen LogP contribution in [0.25, 0.3) is 0 Å². The van der Waals surface area contributed by atoms with Gasteiger partial charge >= 0.3 is 0 Å². The van der Waals surface area contributed by atoms with E-state index in [1.165, 1.54) is 0 Å². The number of unbranched alkanes of at least 4 members (excludes halogenated alkanes) is 1. The summed E-state index contributed by atoms with van der Waals surface area (Å²) in [6.07, 6.45) is 5.03. The number of aliphatic hydroxyl groups excluding tert-OH is 1. The summed E-state index contributed by atoms with van der Waals surface area (Å²) in [5.41, 5.74) is 1.08. The lowest BCUT2D eigenvalue weighted by Crippen LogP contribution is -2.54. The van der Waals surface area contributed by atoms with E-state index in [1.54, 1.807) is 0 Å². The molecule has 1 aromatic carbocycles. The first-order chi connectivity index (χ1) is 11.1. The van der Waals surface area contributed by atoms with Crippen LogP contribution in [0, 0.1) is 18.3 Å². The number of rotatable bonds is 7. The predicted octanol–water partition coefficient (Wildman–Crippen LogP) is 2.74. The summed E-state index contributed by atoms with van der Waals surface area (Å²) in [5, 5.41) is 10.4. The predicted molar refractivity (Wildman–Crippen MR) is 88.5 cm³/mol. The molecule has 1 aromatic rings. The highest BCUT2D eigenvalue weighted by atomic mass is 16.7. The summed E-state index contributed by atoms with van der Waals surface area (Å²) in [6, 6.07) is 9.93. The highest BCUT2D eigenvalue weighted by molar-refractivity contribution is 5.13. The van der Waals surface area contributed by atoms with Crippen molar-refractivity contribution in [2.45, 2.75) is 57.9 Å². The third-order valence-electron chi connectivity index (χ3n) is 4.15. The summed E-state index contributed by atoms with van der Waals surface area (Å²) in [4.78, 5) is 0. The van der Waals surface area contributed by atoms with Crippen LogP contribution in [-0.2, 0) is 20.8 Å². The largest absolute Gasteiger partial charge is 0.388 e. The van der Waals surface area contributed by atoms with E-state index < -0.39 is 6.10 Å². The van der Waals surface area contributed by atoms with Gasteiger partial charge in [-0.2, -0.15) is 0 Å². The number of hydrogen-bond acceptors (Lipinski definition) is 4. The Morgan fingerprint density at radius 3 is 2.65 bits per heavy atom. The monoisotopic (exact) mass is 318 g/mol. The molecule has 23 heavy (non-hydrogen) atoms. The molecule has 2 rings (SSSR count). The molecule has 0 saturated carbocycles. The fourth-order valence-electron chi connectivity index (χ4n) is 2.73. The number of terminal acetylenes is 1. The van der Waals surface area contributed by atoms with Crippen molar-refractivity contribution in [2.24, 2.45) is 5.92 Å². The minimum Gasteiger partial charge on any atom is -0.388 e. The van der Waals surface area contributed by atoms with Crippen molar-refractivity contribution in [3.8, 4) is 12.3 Å². The molecule has 0 bridgehead atoms. The van der Waals surface area contributed by atoms with Gasteiger partial charge < -0.3 is 19.3 Å². The molecule has 1 N–H and O–H groups in total. The Hall–Kier alpha value is -1.38. The van der Waals surface area contributed by atoms with E-state index in [1.807, 2.05) is 44.2 Å². The van der Waals surface area contributed by atoms with Crippen molar-refractivity contribution in [3.63, 3.8) is 0 Å². The van der Waals surface area contributed by atoms with Gasteiger partial charge in [-0.05, 0) is 18.9 Å². The van der Waals surface area contributed by atoms with Gasteiger partial charge in [0.2, 0.25) is 0 Å². The molecule has 2 unspecified atom stereocenters. The van der Waals surface area contributed by atoms with Crippen LogP contribution >= 0.6 is 0 Å². The van der Waals surface area contributed by atoms with E-state index in [0.717, 1.165) is 12.0 Å². The molecular weight excluding hydrogens is 292 g/mol. The van der Waals surface area contributed by atoms with Crippen molar-refractivity contribution in [1.29, 1.82) is 0 Å². The minimum absolute atomic E-state index is 0.0595. The van der Waals surface area contributed by atoms with Crippen molar-refractivity contribution < 1.29 is 19.3 Å². The zero-order valence-corrected chi connectivity index (χ0v) is 13.9. The van der Waals surface area contributed by atoms with E-state index in [-0.39, 0.29) is 24.4 Å². The molecule has 0 aromatic heterocycles. The topological polar surface area (TPSA) is 47.9 Å². The second kappa shape index (κ2) is 9.05. The zero-order chi connectivity index (χ0) is 16.7. The lowest BCUT2D eigenvalue weighted by atomic mass is 9.92. The Kier molecular flexibility index (Phi) is 7.07. The van der Waals surface area contributed by atoms with Gasteiger partial charge in [-0.15, -0.1) is 12.3 Å². The Labute approximate surface area is 138 Å². The van der Waals surface area contributed by atoms with Gasteiger partial charge in [0.1, 0.15) is 6.10 Å². The molecule has 5 atom stereocenters. The SMILES string of the molecule is C#CCCCO[C@@H]1OC(C)[C@H](O)[C@@H](OCc2ccccc2)C1C. The molecule has 1 heterocycles. The Bertz CT molecular complexity index is 496. The standard InChI is InChI=1S/C19H26O4/c1-4-5-9-12-21-19-14(2)18(17(20)15(3)23-19)22-13-16-10-7-6-8-11-16/h1,6-8,10-11,14-15,17-20H,5,9,12-13H2,2-3H3/t14?,15?,17-,18-,19+/m0/s1. The number of benzene rings is 1. The maximum absolute atomic E-state index is 10.4. The zero-order valence-electron chi connectivity index (χ0n) is 13.9. The second-order valence-corrected chi connectivity index (χ2v) is 6.00. The van der Waals surface area contributed by atoms with Crippen LogP contribution in [-0.4, -0.2) is 36.3 Å². The average molecular weight is 318 g/mol. The molecule has 1 fully saturated rings. The quantitative estimate of drug-likeness (QED) is 0.620. The number of aliphatic hydroxyl groups is 1. The molecule has 0 spiro atoms. The Balaban J connectivity index is 1.91. The van der Waals surface area contributed by atoms with Crippen LogP contribution in [0.1, 0.15) is 32.3 Å². The lowest BCUT2D eigenvalue weighted by molar-refractivity contribution is -0.282. The summed E-state index contributed by atoms with van der Waals surface area (Å²) < 4.78 is 17.5. The Morgan fingerprint density at radius 2 is 1.96 bits per heavy atom. The van der Waals surface area contributed by atoms with Crippen LogP contribution in [0.3, 0.4) is 0 Å². The summed E-state index contributed by atoms with van der Waals surface area (Å²) in [6.45, 7) is 4.83. The lowest BCUT2D eigenvalue weighted by Gasteiger charge is -2.42. The first-order valence-electron chi connectivity index (χ1n) is 8.17. The molecule has 1 saturated heterocycles. The fourth-order valence-corrected chi connectivity index (χ4v) is 2.73. The van der Waals surface area contributed by atoms with Gasteiger partial charge in [0.15, 0.2) is 6.29 Å². The highest BCUT2D eigenvalue weighted by Gasteiger charge is 2.42. The van der Waals surface area contributed by atoms with Gasteiger partial charge in [0.05, 0.1) is 25.4 Å². The summed E-state index contributed by atoms with van der Waals surface area (Å²) in [7, 11) is 0. The molecule has 4 nitrogen and oxygen atoms in total. The molecule has 0 aliphatic carbocycles. The average Bonchev–Trinajstić information content (AvgIpc) is 2.57. The Morgan fingerprint density at radius 1 is 1.22 bits per heavy atom. The van der Waals surface area contributed by atoms with Crippen LogP contribution in [0.5, 0.6) is 0 Å². The molecule has 126 valence electrons. The van der Waals surface area contributed by atoms with Crippen LogP contribution in [0.15, 0.2) is 30.3 Å². The third-order valence-corrected chi connectivity index (χ3v) is 4.15. The minimum atomic E-state index is -0.667. The molecule has 4 heteroatoms. The normalized spacial score (nSPS) is 30.8. The van der Waals surface area contributed by atoms with Crippen LogP contribution < -0.4 is 0 Å². The number of ether oxygens (including phenoxy) is 3. The first kappa shape index (κ1) is 18.0. The van der Waals surface area contributed by atoms with Crippen molar-refractivity contribution in [1.82, 2.24) is 0 Å². The van der Waals surface area contributed by atoms with Crippen molar-refractivity contribution in [2.75, 3.05) is 6.61 Å². The number of hydrogen-bond donors (Lipinski definition) is 1. The first-order valence-corrected chi connectivity index (χ1v) is 8.17. The highest BCUT2D eigenvalue weighted by Crippen LogP contribution is 2.29. The van der Waals surface area contributed by atoms with Gasteiger partial charge in [-0.3, -0.25) is 0 Å². The van der Waals surface area contributed by atoms with Gasteiger partial charge in [-0.1, -0.05) is 37.3 Å². The van der Waals surface area contributed by atoms with Gasteiger partial charge in [0.25, 0.3) is 0 Å². The van der Waals surface area contributed by atoms with Crippen molar-refractivity contribution >= 4 is 0 Å². The maximum atomic E-state index is 10.4. The second-order valence-electron chi connectivity index (χ2n) is 6.00. The van der Waals surface area contributed by atoms with E-state index in [0.29, 0.717) is 19.6 Å². The van der Waals surface area contributed by atoms with Crippen LogP contribution in [0.2, 0.25) is 0 Å². The van der Waals surface area contributed by atoms with E-state index >= 15 is 0 Å². The molecule has 0 amide bonds. The summed E-state index contributed by atoms with van der Waals surface area (Å²) in [5.74, 6) is 2.53. The van der Waals surface area contributed by atoms with Gasteiger partial charge in [-0.25, -0.2) is 0 Å². The molecule has 1 aliphatic rings. The summed E-state index contributed by atoms with van der Waals surface area (Å²) >= 11 is 0. The van der Waals surface area contributed by atoms with E-state index in [9.17, 15) is 5.11 Å². The molecule has 1 aliphatic heterocycles. The van der Waals surface area contributed by atoms with Crippen LogP contribution in [0.4, 0.5) is 0 Å². The third kappa shape index (κ3) is 5.05. The van der Waals surface area contributed by atoms with Crippen molar-refractivity contribution in [3.05, 3.63) is 35.9 Å². The van der Waals surface area contributed by atoms with E-state index in [4.69, 9.17) is 20.6 Å².